The highest BCUT2D eigenvalue weighted by molar-refractivity contribution is 5.50. The second-order valence-corrected chi connectivity index (χ2v) is 5.66. The molecule has 2 rings (SSSR count). The first-order valence-corrected chi connectivity index (χ1v) is 7.32. The standard InChI is InChI=1S/C16H26N2O/c1-4-14-5-7-15(8-6-14)18-13(2)11-17(3)12-16(18)9-10-19/h5-8,13,16,19H,4,9-12H2,1-3H3. The summed E-state index contributed by atoms with van der Waals surface area (Å²) in [6.45, 7) is 6.82. The fourth-order valence-electron chi connectivity index (χ4n) is 3.17. The van der Waals surface area contributed by atoms with Gasteiger partial charge in [-0.05, 0) is 44.5 Å². The third-order valence-corrected chi connectivity index (χ3v) is 4.07. The number of aliphatic hydroxyl groups is 1. The molecule has 0 radical (unpaired) electrons. The maximum atomic E-state index is 9.29. The summed E-state index contributed by atoms with van der Waals surface area (Å²) in [6.07, 6.45) is 1.92. The SMILES string of the molecule is CCc1ccc(N2C(C)CN(C)CC2CCO)cc1. The van der Waals surface area contributed by atoms with Gasteiger partial charge < -0.3 is 14.9 Å². The number of hydrogen-bond donors (Lipinski definition) is 1. The molecule has 0 spiro atoms. The van der Waals surface area contributed by atoms with Crippen LogP contribution in [0.4, 0.5) is 5.69 Å². The monoisotopic (exact) mass is 262 g/mol. The summed E-state index contributed by atoms with van der Waals surface area (Å²) in [7, 11) is 2.17. The van der Waals surface area contributed by atoms with E-state index >= 15 is 0 Å². The van der Waals surface area contributed by atoms with Crippen molar-refractivity contribution in [2.75, 3.05) is 31.6 Å². The van der Waals surface area contributed by atoms with Gasteiger partial charge in [-0.15, -0.1) is 0 Å². The summed E-state index contributed by atoms with van der Waals surface area (Å²) in [5, 5.41) is 9.29. The van der Waals surface area contributed by atoms with Gasteiger partial charge in [0.15, 0.2) is 0 Å². The summed E-state index contributed by atoms with van der Waals surface area (Å²) in [5.74, 6) is 0. The minimum absolute atomic E-state index is 0.259. The molecule has 3 nitrogen and oxygen atoms in total. The molecule has 2 unspecified atom stereocenters. The van der Waals surface area contributed by atoms with E-state index in [2.05, 4.69) is 55.0 Å². The molecule has 19 heavy (non-hydrogen) atoms. The van der Waals surface area contributed by atoms with Gasteiger partial charge in [0.25, 0.3) is 0 Å². The molecule has 1 saturated heterocycles. The van der Waals surface area contributed by atoms with E-state index in [1.54, 1.807) is 0 Å². The Morgan fingerprint density at radius 2 is 1.89 bits per heavy atom. The Kier molecular flexibility index (Phi) is 4.83. The molecule has 0 aromatic heterocycles. The van der Waals surface area contributed by atoms with Gasteiger partial charge in [0, 0.05) is 37.5 Å². The van der Waals surface area contributed by atoms with Crippen LogP contribution in [0.2, 0.25) is 0 Å². The van der Waals surface area contributed by atoms with Crippen molar-refractivity contribution in [1.29, 1.82) is 0 Å². The summed E-state index contributed by atoms with van der Waals surface area (Å²) in [5.41, 5.74) is 2.67. The maximum Gasteiger partial charge on any atom is 0.0451 e. The lowest BCUT2D eigenvalue weighted by molar-refractivity contribution is 0.198. The molecule has 0 aliphatic carbocycles. The molecule has 3 heteroatoms. The van der Waals surface area contributed by atoms with Gasteiger partial charge in [-0.1, -0.05) is 19.1 Å². The first-order valence-electron chi connectivity index (χ1n) is 7.32. The molecule has 1 aliphatic heterocycles. The predicted octanol–water partition coefficient (Wildman–Crippen LogP) is 2.14. The average molecular weight is 262 g/mol. The minimum atomic E-state index is 0.259. The van der Waals surface area contributed by atoms with E-state index in [9.17, 15) is 5.11 Å². The summed E-state index contributed by atoms with van der Waals surface area (Å²) < 4.78 is 0. The van der Waals surface area contributed by atoms with Crippen LogP contribution in [0.15, 0.2) is 24.3 Å². The van der Waals surface area contributed by atoms with Gasteiger partial charge in [-0.3, -0.25) is 0 Å². The lowest BCUT2D eigenvalue weighted by Gasteiger charge is -2.46. The summed E-state index contributed by atoms with van der Waals surface area (Å²) in [6, 6.07) is 9.79. The molecule has 0 amide bonds. The molecule has 0 saturated carbocycles. The molecule has 2 atom stereocenters. The van der Waals surface area contributed by atoms with Crippen molar-refractivity contribution in [2.45, 2.75) is 38.8 Å². The summed E-state index contributed by atoms with van der Waals surface area (Å²) >= 11 is 0. The first-order chi connectivity index (χ1) is 9.15. The second kappa shape index (κ2) is 6.40. The van der Waals surface area contributed by atoms with E-state index in [0.717, 1.165) is 25.9 Å². The maximum absolute atomic E-state index is 9.29. The van der Waals surface area contributed by atoms with Crippen molar-refractivity contribution in [1.82, 2.24) is 4.90 Å². The lowest BCUT2D eigenvalue weighted by atomic mass is 10.0. The van der Waals surface area contributed by atoms with Crippen LogP contribution in [-0.2, 0) is 6.42 Å². The molecule has 106 valence electrons. The zero-order valence-electron chi connectivity index (χ0n) is 12.3. The first kappa shape index (κ1) is 14.4. The van der Waals surface area contributed by atoms with Crippen molar-refractivity contribution in [3.05, 3.63) is 29.8 Å². The fraction of sp³-hybridized carbons (Fsp3) is 0.625. The smallest absolute Gasteiger partial charge is 0.0451 e. The van der Waals surface area contributed by atoms with Crippen molar-refractivity contribution < 1.29 is 5.11 Å². The van der Waals surface area contributed by atoms with Crippen LogP contribution in [0.1, 0.15) is 25.8 Å². The molecular formula is C16H26N2O. The quantitative estimate of drug-likeness (QED) is 0.900. The Bertz CT molecular complexity index is 390. The van der Waals surface area contributed by atoms with Gasteiger partial charge in [-0.25, -0.2) is 0 Å². The summed E-state index contributed by atoms with van der Waals surface area (Å²) in [4.78, 5) is 4.84. The number of aryl methyl sites for hydroxylation is 1. The molecule has 0 bridgehead atoms. The number of piperazine rings is 1. The lowest BCUT2D eigenvalue weighted by Crippen LogP contribution is -2.57. The van der Waals surface area contributed by atoms with Crippen molar-refractivity contribution in [3.63, 3.8) is 0 Å². The molecule has 1 aromatic rings. The Balaban J connectivity index is 2.21. The van der Waals surface area contributed by atoms with E-state index < -0.39 is 0 Å². The zero-order valence-corrected chi connectivity index (χ0v) is 12.3. The van der Waals surface area contributed by atoms with Gasteiger partial charge in [0.1, 0.15) is 0 Å². The number of likely N-dealkylation sites (N-methyl/N-ethyl adjacent to an activating group) is 1. The van der Waals surface area contributed by atoms with Crippen molar-refractivity contribution in [3.8, 4) is 0 Å². The van der Waals surface area contributed by atoms with Crippen LogP contribution in [0.5, 0.6) is 0 Å². The van der Waals surface area contributed by atoms with E-state index in [1.165, 1.54) is 11.3 Å². The van der Waals surface area contributed by atoms with Crippen LogP contribution in [0, 0.1) is 0 Å². The van der Waals surface area contributed by atoms with Gasteiger partial charge in [0.05, 0.1) is 0 Å². The van der Waals surface area contributed by atoms with Crippen LogP contribution < -0.4 is 4.90 Å². The van der Waals surface area contributed by atoms with Gasteiger partial charge >= 0.3 is 0 Å². The largest absolute Gasteiger partial charge is 0.396 e. The third kappa shape index (κ3) is 3.28. The highest BCUT2D eigenvalue weighted by atomic mass is 16.3. The topological polar surface area (TPSA) is 26.7 Å². The van der Waals surface area contributed by atoms with Gasteiger partial charge in [-0.2, -0.15) is 0 Å². The third-order valence-electron chi connectivity index (χ3n) is 4.07. The van der Waals surface area contributed by atoms with Crippen molar-refractivity contribution in [2.24, 2.45) is 0 Å². The number of benzene rings is 1. The zero-order chi connectivity index (χ0) is 13.8. The van der Waals surface area contributed by atoms with E-state index in [0.29, 0.717) is 12.1 Å². The second-order valence-electron chi connectivity index (χ2n) is 5.66. The highest BCUT2D eigenvalue weighted by Crippen LogP contribution is 2.26. The molecule has 1 aliphatic rings. The van der Waals surface area contributed by atoms with Crippen LogP contribution in [0.25, 0.3) is 0 Å². The number of hydrogen-bond acceptors (Lipinski definition) is 3. The molecule has 1 N–H and O–H groups in total. The molecule has 1 aromatic carbocycles. The van der Waals surface area contributed by atoms with Crippen LogP contribution in [0.3, 0.4) is 0 Å². The number of aliphatic hydroxyl groups excluding tert-OH is 1. The Labute approximate surface area is 116 Å². The molecule has 1 fully saturated rings. The van der Waals surface area contributed by atoms with E-state index in [1.807, 2.05) is 0 Å². The Morgan fingerprint density at radius 1 is 1.21 bits per heavy atom. The number of anilines is 1. The van der Waals surface area contributed by atoms with Crippen LogP contribution >= 0.6 is 0 Å². The van der Waals surface area contributed by atoms with Crippen molar-refractivity contribution >= 4 is 5.69 Å². The average Bonchev–Trinajstić information content (AvgIpc) is 2.39. The minimum Gasteiger partial charge on any atom is -0.396 e. The number of rotatable bonds is 4. The van der Waals surface area contributed by atoms with Gasteiger partial charge in [0.2, 0.25) is 0 Å². The van der Waals surface area contributed by atoms with Crippen LogP contribution in [-0.4, -0.2) is 48.8 Å². The fourth-order valence-corrected chi connectivity index (χ4v) is 3.17. The Hall–Kier alpha value is -1.06. The number of nitrogens with zero attached hydrogens (tertiary/aromatic N) is 2. The predicted molar refractivity (Wildman–Crippen MR) is 80.7 cm³/mol. The van der Waals surface area contributed by atoms with E-state index in [-0.39, 0.29) is 6.61 Å². The Morgan fingerprint density at radius 3 is 2.47 bits per heavy atom. The molecule has 1 heterocycles. The highest BCUT2D eigenvalue weighted by Gasteiger charge is 2.30. The molecular weight excluding hydrogens is 236 g/mol. The normalized spacial score (nSPS) is 24.7. The van der Waals surface area contributed by atoms with E-state index in [4.69, 9.17) is 0 Å².